The van der Waals surface area contributed by atoms with E-state index in [1.165, 1.54) is 0 Å². The van der Waals surface area contributed by atoms with Crippen molar-refractivity contribution in [1.29, 1.82) is 0 Å². The minimum Gasteiger partial charge on any atom is -0.398 e. The summed E-state index contributed by atoms with van der Waals surface area (Å²) in [5.41, 5.74) is 8.62. The fourth-order valence-electron chi connectivity index (χ4n) is 1.64. The molecule has 3 N–H and O–H groups in total. The quantitative estimate of drug-likeness (QED) is 0.855. The van der Waals surface area contributed by atoms with Crippen LogP contribution in [-0.2, 0) is 6.54 Å². The molecular formula is C14H14BrN3O. The number of hydrogen-bond donors (Lipinski definition) is 2. The fourth-order valence-corrected chi connectivity index (χ4v) is 2.02. The normalized spacial score (nSPS) is 10.2. The number of amides is 1. The lowest BCUT2D eigenvalue weighted by molar-refractivity contribution is 0.0950. The van der Waals surface area contributed by atoms with Crippen LogP contribution in [0.1, 0.15) is 21.7 Å². The molecule has 0 unspecified atom stereocenters. The summed E-state index contributed by atoms with van der Waals surface area (Å²) in [7, 11) is 0. The van der Waals surface area contributed by atoms with E-state index in [9.17, 15) is 4.79 Å². The summed E-state index contributed by atoms with van der Waals surface area (Å²) >= 11 is 3.30. The Balaban J connectivity index is 2.03. The third-order valence-corrected chi connectivity index (χ3v) is 3.33. The first-order valence-electron chi connectivity index (χ1n) is 5.82. The Labute approximate surface area is 120 Å². The van der Waals surface area contributed by atoms with Gasteiger partial charge in [0.1, 0.15) is 0 Å². The summed E-state index contributed by atoms with van der Waals surface area (Å²) in [4.78, 5) is 16.3. The zero-order valence-electron chi connectivity index (χ0n) is 10.5. The molecule has 1 aromatic heterocycles. The molecule has 0 bridgehead atoms. The summed E-state index contributed by atoms with van der Waals surface area (Å²) in [5.74, 6) is -0.149. The van der Waals surface area contributed by atoms with Crippen LogP contribution in [0.15, 0.2) is 40.9 Å². The molecule has 98 valence electrons. The van der Waals surface area contributed by atoms with E-state index in [0.717, 1.165) is 11.4 Å². The molecule has 19 heavy (non-hydrogen) atoms. The Hall–Kier alpha value is -1.88. The molecule has 0 aliphatic heterocycles. The summed E-state index contributed by atoms with van der Waals surface area (Å²) < 4.78 is 0.717. The van der Waals surface area contributed by atoms with Gasteiger partial charge >= 0.3 is 0 Å². The van der Waals surface area contributed by atoms with Crippen LogP contribution in [0.4, 0.5) is 5.69 Å². The molecule has 0 fully saturated rings. The number of nitrogens with one attached hydrogen (secondary N) is 1. The van der Waals surface area contributed by atoms with E-state index in [0.29, 0.717) is 22.3 Å². The lowest BCUT2D eigenvalue weighted by atomic mass is 10.2. The molecule has 5 heteroatoms. The van der Waals surface area contributed by atoms with Gasteiger partial charge in [-0.05, 0) is 53.2 Å². The number of hydrogen-bond acceptors (Lipinski definition) is 3. The molecule has 1 heterocycles. The van der Waals surface area contributed by atoms with Crippen LogP contribution < -0.4 is 11.1 Å². The third-order valence-electron chi connectivity index (χ3n) is 2.64. The molecular weight excluding hydrogens is 306 g/mol. The second-order valence-corrected chi connectivity index (χ2v) is 5.04. The molecule has 2 aromatic rings. The molecule has 2 rings (SSSR count). The highest BCUT2D eigenvalue weighted by Crippen LogP contribution is 2.20. The average molecular weight is 320 g/mol. The number of halogens is 1. The number of nitrogen functional groups attached to an aromatic ring is 1. The molecule has 0 aliphatic rings. The molecule has 1 amide bonds. The minimum atomic E-state index is -0.149. The van der Waals surface area contributed by atoms with Crippen molar-refractivity contribution in [3.63, 3.8) is 0 Å². The molecule has 0 saturated heterocycles. The summed E-state index contributed by atoms with van der Waals surface area (Å²) in [6.07, 6.45) is 0. The van der Waals surface area contributed by atoms with Gasteiger partial charge in [-0.25, -0.2) is 0 Å². The van der Waals surface area contributed by atoms with Crippen LogP contribution in [0.3, 0.4) is 0 Å². The number of nitrogens with two attached hydrogens (primary N) is 1. The van der Waals surface area contributed by atoms with Crippen LogP contribution in [-0.4, -0.2) is 10.9 Å². The number of anilines is 1. The van der Waals surface area contributed by atoms with Crippen LogP contribution in [0.25, 0.3) is 0 Å². The van der Waals surface area contributed by atoms with Gasteiger partial charge < -0.3 is 11.1 Å². The molecule has 0 saturated carbocycles. The SMILES string of the molecule is Cc1cccc(CNC(=O)c2ccc(N)c(Br)c2)n1. The van der Waals surface area contributed by atoms with Gasteiger partial charge in [0, 0.05) is 21.4 Å². The first-order chi connectivity index (χ1) is 9.06. The first-order valence-corrected chi connectivity index (χ1v) is 6.61. The van der Waals surface area contributed by atoms with Gasteiger partial charge in [-0.3, -0.25) is 9.78 Å². The maximum Gasteiger partial charge on any atom is 0.251 e. The second-order valence-electron chi connectivity index (χ2n) is 4.19. The van der Waals surface area contributed by atoms with Crippen molar-refractivity contribution in [3.8, 4) is 0 Å². The summed E-state index contributed by atoms with van der Waals surface area (Å²) in [6.45, 7) is 2.32. The number of benzene rings is 1. The highest BCUT2D eigenvalue weighted by molar-refractivity contribution is 9.10. The fraction of sp³-hybridized carbons (Fsp3) is 0.143. The zero-order valence-corrected chi connectivity index (χ0v) is 12.1. The van der Waals surface area contributed by atoms with E-state index in [1.807, 2.05) is 25.1 Å². The minimum absolute atomic E-state index is 0.149. The van der Waals surface area contributed by atoms with Crippen molar-refractivity contribution >= 4 is 27.5 Å². The summed E-state index contributed by atoms with van der Waals surface area (Å²) in [6, 6.07) is 10.8. The maximum atomic E-state index is 12.0. The van der Waals surface area contributed by atoms with Crippen molar-refractivity contribution in [2.75, 3.05) is 5.73 Å². The number of carbonyl (C=O) groups excluding carboxylic acids is 1. The van der Waals surface area contributed by atoms with E-state index in [2.05, 4.69) is 26.2 Å². The maximum absolute atomic E-state index is 12.0. The molecule has 4 nitrogen and oxygen atoms in total. The van der Waals surface area contributed by atoms with Gasteiger partial charge in [-0.2, -0.15) is 0 Å². The Morgan fingerprint density at radius 3 is 2.84 bits per heavy atom. The van der Waals surface area contributed by atoms with Crippen molar-refractivity contribution in [2.24, 2.45) is 0 Å². The average Bonchev–Trinajstić information content (AvgIpc) is 2.39. The van der Waals surface area contributed by atoms with Crippen LogP contribution in [0.2, 0.25) is 0 Å². The van der Waals surface area contributed by atoms with Gasteiger partial charge in [-0.1, -0.05) is 6.07 Å². The van der Waals surface area contributed by atoms with Crippen molar-refractivity contribution in [3.05, 3.63) is 57.8 Å². The lowest BCUT2D eigenvalue weighted by Crippen LogP contribution is -2.23. The van der Waals surface area contributed by atoms with Gasteiger partial charge in [0.05, 0.1) is 12.2 Å². The molecule has 0 atom stereocenters. The first kappa shape index (κ1) is 13.5. The summed E-state index contributed by atoms with van der Waals surface area (Å²) in [5, 5.41) is 2.83. The number of carbonyl (C=O) groups is 1. The topological polar surface area (TPSA) is 68.0 Å². The number of aryl methyl sites for hydroxylation is 1. The lowest BCUT2D eigenvalue weighted by Gasteiger charge is -2.06. The molecule has 0 spiro atoms. The number of aromatic nitrogens is 1. The van der Waals surface area contributed by atoms with Crippen molar-refractivity contribution in [2.45, 2.75) is 13.5 Å². The standard InChI is InChI=1S/C14H14BrN3O/c1-9-3-2-4-11(18-9)8-17-14(19)10-5-6-13(16)12(15)7-10/h2-7H,8,16H2,1H3,(H,17,19). The smallest absolute Gasteiger partial charge is 0.251 e. The van der Waals surface area contributed by atoms with Gasteiger partial charge in [0.25, 0.3) is 5.91 Å². The van der Waals surface area contributed by atoms with Gasteiger partial charge in [-0.15, -0.1) is 0 Å². The van der Waals surface area contributed by atoms with Crippen LogP contribution >= 0.6 is 15.9 Å². The molecule has 0 radical (unpaired) electrons. The second kappa shape index (κ2) is 5.84. The third kappa shape index (κ3) is 3.54. The van der Waals surface area contributed by atoms with Gasteiger partial charge in [0.15, 0.2) is 0 Å². The molecule has 1 aromatic carbocycles. The van der Waals surface area contributed by atoms with Crippen molar-refractivity contribution < 1.29 is 4.79 Å². The van der Waals surface area contributed by atoms with Gasteiger partial charge in [0.2, 0.25) is 0 Å². The van der Waals surface area contributed by atoms with E-state index in [4.69, 9.17) is 5.73 Å². The number of pyridine rings is 1. The number of rotatable bonds is 3. The van der Waals surface area contributed by atoms with E-state index < -0.39 is 0 Å². The van der Waals surface area contributed by atoms with Crippen LogP contribution in [0.5, 0.6) is 0 Å². The zero-order chi connectivity index (χ0) is 13.8. The van der Waals surface area contributed by atoms with Crippen LogP contribution in [0, 0.1) is 6.92 Å². The highest BCUT2D eigenvalue weighted by atomic mass is 79.9. The number of nitrogens with zero attached hydrogens (tertiary/aromatic N) is 1. The highest BCUT2D eigenvalue weighted by Gasteiger charge is 2.07. The Bertz CT molecular complexity index is 613. The van der Waals surface area contributed by atoms with E-state index in [-0.39, 0.29) is 5.91 Å². The Morgan fingerprint density at radius 2 is 2.16 bits per heavy atom. The molecule has 0 aliphatic carbocycles. The van der Waals surface area contributed by atoms with E-state index >= 15 is 0 Å². The monoisotopic (exact) mass is 319 g/mol. The predicted molar refractivity (Wildman–Crippen MR) is 78.7 cm³/mol. The van der Waals surface area contributed by atoms with Crippen molar-refractivity contribution in [1.82, 2.24) is 10.3 Å². The Kier molecular flexibility index (Phi) is 4.16. The largest absolute Gasteiger partial charge is 0.398 e. The Morgan fingerprint density at radius 1 is 1.37 bits per heavy atom. The van der Waals surface area contributed by atoms with E-state index in [1.54, 1.807) is 18.2 Å². The predicted octanol–water partition coefficient (Wildman–Crippen LogP) is 2.66.